The molecule has 0 radical (unpaired) electrons. The lowest BCUT2D eigenvalue weighted by molar-refractivity contribution is -0.140. The van der Waals surface area contributed by atoms with Crippen LogP contribution in [0.1, 0.15) is 30.6 Å². The van der Waals surface area contributed by atoms with Gasteiger partial charge in [-0.3, -0.25) is 14.3 Å². The van der Waals surface area contributed by atoms with Gasteiger partial charge in [0.05, 0.1) is 24.1 Å². The summed E-state index contributed by atoms with van der Waals surface area (Å²) >= 11 is 0. The van der Waals surface area contributed by atoms with E-state index in [0.29, 0.717) is 6.42 Å². The molecule has 2 rings (SSSR count). The van der Waals surface area contributed by atoms with Crippen LogP contribution in [0.3, 0.4) is 0 Å². The van der Waals surface area contributed by atoms with E-state index in [2.05, 4.69) is 10.4 Å². The van der Waals surface area contributed by atoms with Gasteiger partial charge in [-0.1, -0.05) is 0 Å². The first-order valence-electron chi connectivity index (χ1n) is 5.93. The molecule has 0 bridgehead atoms. The predicted octanol–water partition coefficient (Wildman–Crippen LogP) is 0.626. The summed E-state index contributed by atoms with van der Waals surface area (Å²) in [7, 11) is 1.84. The van der Waals surface area contributed by atoms with E-state index in [4.69, 9.17) is 5.11 Å². The van der Waals surface area contributed by atoms with E-state index in [1.165, 1.54) is 0 Å². The highest BCUT2D eigenvalue weighted by atomic mass is 16.4. The van der Waals surface area contributed by atoms with E-state index >= 15 is 0 Å². The standard InChI is InChI=1S/C12H17N3O3/c1-6(10-5-13-15(3)7(10)2)14-11(16)8-4-9(8)12(17)18/h5-6,8-9H,4H2,1-3H3,(H,14,16)(H,17,18)/t6-,8+,9-/m0/s1. The third-order valence-electron chi connectivity index (χ3n) is 3.54. The van der Waals surface area contributed by atoms with Crippen molar-refractivity contribution in [3.63, 3.8) is 0 Å². The van der Waals surface area contributed by atoms with Crippen molar-refractivity contribution in [3.05, 3.63) is 17.5 Å². The highest BCUT2D eigenvalue weighted by Crippen LogP contribution is 2.39. The van der Waals surface area contributed by atoms with Crippen LogP contribution < -0.4 is 5.32 Å². The Kier molecular flexibility index (Phi) is 3.11. The van der Waals surface area contributed by atoms with Crippen LogP contribution in [0.25, 0.3) is 0 Å². The number of hydrogen-bond acceptors (Lipinski definition) is 3. The number of carbonyl (C=O) groups is 2. The van der Waals surface area contributed by atoms with Gasteiger partial charge in [0, 0.05) is 18.3 Å². The second-order valence-electron chi connectivity index (χ2n) is 4.83. The number of aryl methyl sites for hydroxylation is 1. The van der Waals surface area contributed by atoms with E-state index in [1.54, 1.807) is 10.9 Å². The summed E-state index contributed by atoms with van der Waals surface area (Å²) in [5, 5.41) is 15.7. The fraction of sp³-hybridized carbons (Fsp3) is 0.583. The molecule has 98 valence electrons. The number of carboxylic acids is 1. The Labute approximate surface area is 105 Å². The number of amides is 1. The highest BCUT2D eigenvalue weighted by Gasteiger charge is 2.48. The zero-order chi connectivity index (χ0) is 13.4. The summed E-state index contributed by atoms with van der Waals surface area (Å²) < 4.78 is 1.75. The van der Waals surface area contributed by atoms with Gasteiger partial charge in [0.1, 0.15) is 0 Å². The molecule has 0 aliphatic heterocycles. The Balaban J connectivity index is 1.96. The van der Waals surface area contributed by atoms with Gasteiger partial charge in [0.15, 0.2) is 0 Å². The molecule has 0 aromatic carbocycles. The Bertz CT molecular complexity index is 495. The van der Waals surface area contributed by atoms with Gasteiger partial charge in [-0.2, -0.15) is 5.10 Å². The van der Waals surface area contributed by atoms with Gasteiger partial charge < -0.3 is 10.4 Å². The average molecular weight is 251 g/mol. The normalized spacial score (nSPS) is 23.5. The number of nitrogens with zero attached hydrogens (tertiary/aromatic N) is 2. The number of nitrogens with one attached hydrogen (secondary N) is 1. The number of carbonyl (C=O) groups excluding carboxylic acids is 1. The first-order chi connectivity index (χ1) is 8.41. The van der Waals surface area contributed by atoms with Gasteiger partial charge in [-0.15, -0.1) is 0 Å². The van der Waals surface area contributed by atoms with Crippen molar-refractivity contribution in [2.45, 2.75) is 26.3 Å². The maximum Gasteiger partial charge on any atom is 0.307 e. The average Bonchev–Trinajstić information content (AvgIpc) is 3.02. The van der Waals surface area contributed by atoms with Crippen LogP contribution in [0.15, 0.2) is 6.20 Å². The molecule has 0 spiro atoms. The predicted molar refractivity (Wildman–Crippen MR) is 63.7 cm³/mol. The van der Waals surface area contributed by atoms with Gasteiger partial charge in [-0.05, 0) is 20.3 Å². The lowest BCUT2D eigenvalue weighted by Crippen LogP contribution is -2.29. The van der Waals surface area contributed by atoms with Crippen LogP contribution in [0.5, 0.6) is 0 Å². The number of aliphatic carboxylic acids is 1. The van der Waals surface area contributed by atoms with Crippen molar-refractivity contribution in [3.8, 4) is 0 Å². The molecule has 0 saturated heterocycles. The van der Waals surface area contributed by atoms with Gasteiger partial charge in [0.25, 0.3) is 0 Å². The second kappa shape index (κ2) is 4.44. The number of rotatable bonds is 4. The molecule has 1 amide bonds. The van der Waals surface area contributed by atoms with Gasteiger partial charge in [-0.25, -0.2) is 0 Å². The maximum absolute atomic E-state index is 11.8. The minimum absolute atomic E-state index is 0.152. The minimum Gasteiger partial charge on any atom is -0.481 e. The maximum atomic E-state index is 11.8. The highest BCUT2D eigenvalue weighted by molar-refractivity contribution is 5.89. The van der Waals surface area contributed by atoms with Gasteiger partial charge in [0.2, 0.25) is 5.91 Å². The molecule has 1 heterocycles. The van der Waals surface area contributed by atoms with E-state index < -0.39 is 11.9 Å². The topological polar surface area (TPSA) is 84.2 Å². The summed E-state index contributed by atoms with van der Waals surface area (Å²) in [6.45, 7) is 3.81. The van der Waals surface area contributed by atoms with Crippen LogP contribution in [0, 0.1) is 18.8 Å². The fourth-order valence-electron chi connectivity index (χ4n) is 2.10. The molecule has 6 heteroatoms. The van der Waals surface area contributed by atoms with E-state index in [1.807, 2.05) is 20.9 Å². The summed E-state index contributed by atoms with van der Waals surface area (Å²) in [6, 6.07) is -0.152. The largest absolute Gasteiger partial charge is 0.481 e. The van der Waals surface area contributed by atoms with Crippen LogP contribution in [-0.4, -0.2) is 26.8 Å². The summed E-state index contributed by atoms with van der Waals surface area (Å²) in [5.74, 6) is -1.95. The van der Waals surface area contributed by atoms with Crippen LogP contribution >= 0.6 is 0 Å². The Morgan fingerprint density at radius 1 is 1.56 bits per heavy atom. The van der Waals surface area contributed by atoms with E-state index in [-0.39, 0.29) is 17.9 Å². The molecule has 1 aromatic heterocycles. The van der Waals surface area contributed by atoms with Crippen molar-refractivity contribution < 1.29 is 14.7 Å². The zero-order valence-corrected chi connectivity index (χ0v) is 10.7. The smallest absolute Gasteiger partial charge is 0.307 e. The monoisotopic (exact) mass is 251 g/mol. The molecule has 6 nitrogen and oxygen atoms in total. The number of carboxylic acid groups (broad SMARTS) is 1. The minimum atomic E-state index is -0.889. The zero-order valence-electron chi connectivity index (χ0n) is 10.7. The molecule has 18 heavy (non-hydrogen) atoms. The Hall–Kier alpha value is -1.85. The van der Waals surface area contributed by atoms with Crippen LogP contribution in [0.2, 0.25) is 0 Å². The summed E-state index contributed by atoms with van der Waals surface area (Å²) in [5.41, 5.74) is 1.95. The lowest BCUT2D eigenvalue weighted by atomic mass is 10.1. The Morgan fingerprint density at radius 3 is 2.67 bits per heavy atom. The number of hydrogen-bond donors (Lipinski definition) is 2. The van der Waals surface area contributed by atoms with Crippen molar-refractivity contribution in [2.24, 2.45) is 18.9 Å². The van der Waals surface area contributed by atoms with Crippen molar-refractivity contribution in [1.29, 1.82) is 0 Å². The molecule has 1 fully saturated rings. The third-order valence-corrected chi connectivity index (χ3v) is 3.54. The van der Waals surface area contributed by atoms with E-state index in [0.717, 1.165) is 11.3 Å². The van der Waals surface area contributed by atoms with Crippen LogP contribution in [0.4, 0.5) is 0 Å². The van der Waals surface area contributed by atoms with Crippen molar-refractivity contribution >= 4 is 11.9 Å². The first kappa shape index (κ1) is 12.6. The number of aromatic nitrogens is 2. The molecular formula is C12H17N3O3. The van der Waals surface area contributed by atoms with Crippen LogP contribution in [-0.2, 0) is 16.6 Å². The molecule has 0 unspecified atom stereocenters. The second-order valence-corrected chi connectivity index (χ2v) is 4.83. The quantitative estimate of drug-likeness (QED) is 0.822. The molecule has 1 aromatic rings. The lowest BCUT2D eigenvalue weighted by Gasteiger charge is -2.13. The fourth-order valence-corrected chi connectivity index (χ4v) is 2.10. The summed E-state index contributed by atoms with van der Waals surface area (Å²) in [6.07, 6.45) is 2.17. The Morgan fingerprint density at radius 2 is 2.22 bits per heavy atom. The summed E-state index contributed by atoms with van der Waals surface area (Å²) in [4.78, 5) is 22.5. The molecule has 3 atom stereocenters. The van der Waals surface area contributed by atoms with Crippen molar-refractivity contribution in [1.82, 2.24) is 15.1 Å². The first-order valence-corrected chi connectivity index (χ1v) is 5.93. The molecule has 1 saturated carbocycles. The van der Waals surface area contributed by atoms with Crippen molar-refractivity contribution in [2.75, 3.05) is 0 Å². The van der Waals surface area contributed by atoms with E-state index in [9.17, 15) is 9.59 Å². The SMILES string of the molecule is Cc1c([C@H](C)NC(=O)[C@@H]2C[C@@H]2C(=O)O)cnn1C. The molecular weight excluding hydrogens is 234 g/mol. The molecule has 2 N–H and O–H groups in total. The third kappa shape index (κ3) is 2.23. The van der Waals surface area contributed by atoms with Gasteiger partial charge >= 0.3 is 5.97 Å². The molecule has 1 aliphatic carbocycles. The molecule has 1 aliphatic rings.